The number of hydrogen-bond donors (Lipinski definition) is 3. The molecule has 0 heterocycles. The van der Waals surface area contributed by atoms with Gasteiger partial charge in [0, 0.05) is 11.7 Å². The third kappa shape index (κ3) is 2.86. The molecule has 5 nitrogen and oxygen atoms in total. The largest absolute Gasteiger partial charge is 0.398 e. The predicted octanol–water partition coefficient (Wildman–Crippen LogP) is 1.50. The van der Waals surface area contributed by atoms with Gasteiger partial charge in [-0.25, -0.2) is 13.6 Å². The van der Waals surface area contributed by atoms with Crippen LogP contribution < -0.4 is 16.2 Å². The molecule has 0 amide bonds. The van der Waals surface area contributed by atoms with Crippen LogP contribution in [0, 0.1) is 0 Å². The van der Waals surface area contributed by atoms with Gasteiger partial charge in [0.15, 0.2) is 0 Å². The second kappa shape index (κ2) is 5.05. The lowest BCUT2D eigenvalue weighted by Crippen LogP contribution is -2.20. The molecule has 0 radical (unpaired) electrons. The van der Waals surface area contributed by atoms with Crippen molar-refractivity contribution in [2.45, 2.75) is 23.8 Å². The number of anilines is 2. The molecule has 6 heteroatoms. The monoisotopic (exact) mass is 303 g/mol. The fourth-order valence-corrected chi connectivity index (χ4v) is 3.44. The van der Waals surface area contributed by atoms with Crippen LogP contribution in [0.1, 0.15) is 11.1 Å². The summed E-state index contributed by atoms with van der Waals surface area (Å²) in [4.78, 5) is -0.0391. The number of sulfonamides is 1. The van der Waals surface area contributed by atoms with E-state index in [4.69, 9.17) is 10.9 Å². The van der Waals surface area contributed by atoms with E-state index in [-0.39, 0.29) is 10.6 Å². The van der Waals surface area contributed by atoms with Crippen LogP contribution in [0.15, 0.2) is 47.4 Å². The van der Waals surface area contributed by atoms with Crippen LogP contribution in [0.4, 0.5) is 11.4 Å². The average molecular weight is 303 g/mol. The first-order valence-electron chi connectivity index (χ1n) is 6.69. The van der Waals surface area contributed by atoms with Crippen LogP contribution in [0.2, 0.25) is 0 Å². The Kier molecular flexibility index (Phi) is 3.35. The van der Waals surface area contributed by atoms with Crippen LogP contribution in [-0.2, 0) is 22.9 Å². The molecule has 0 aromatic heterocycles. The summed E-state index contributed by atoms with van der Waals surface area (Å²) in [6.07, 6.45) is 1.90. The summed E-state index contributed by atoms with van der Waals surface area (Å²) in [5.74, 6) is 0. The van der Waals surface area contributed by atoms with Crippen LogP contribution in [0.3, 0.4) is 0 Å². The molecular formula is C15H17N3O2S. The molecule has 21 heavy (non-hydrogen) atoms. The molecule has 1 aliphatic carbocycles. The summed E-state index contributed by atoms with van der Waals surface area (Å²) in [6, 6.07) is 13.4. The number of nitrogens with one attached hydrogen (secondary N) is 1. The van der Waals surface area contributed by atoms with Crippen molar-refractivity contribution >= 4 is 21.4 Å². The molecule has 2 aromatic rings. The highest BCUT2D eigenvalue weighted by molar-refractivity contribution is 7.89. The third-order valence-corrected chi connectivity index (χ3v) is 4.72. The standard InChI is InChI=1S/C15H17N3O2S/c16-14-9-12(5-6-15(14)21(17,19)20)18-13-7-10-3-1-2-4-11(10)8-13/h1-6,9,13,18H,7-8,16H2,(H2,17,19,20). The fourth-order valence-electron chi connectivity index (χ4n) is 2.79. The van der Waals surface area contributed by atoms with Crippen molar-refractivity contribution in [1.29, 1.82) is 0 Å². The average Bonchev–Trinajstić information content (AvgIpc) is 2.79. The Morgan fingerprint density at radius 1 is 1.05 bits per heavy atom. The first-order chi connectivity index (χ1) is 9.93. The molecule has 0 saturated carbocycles. The lowest BCUT2D eigenvalue weighted by molar-refractivity contribution is 0.598. The Morgan fingerprint density at radius 2 is 1.67 bits per heavy atom. The zero-order chi connectivity index (χ0) is 15.0. The molecule has 0 unspecified atom stereocenters. The maximum atomic E-state index is 11.3. The molecule has 1 aliphatic rings. The van der Waals surface area contributed by atoms with E-state index < -0.39 is 10.0 Å². The SMILES string of the molecule is Nc1cc(NC2Cc3ccccc3C2)ccc1S(N)(=O)=O. The van der Waals surface area contributed by atoms with E-state index in [0.717, 1.165) is 18.5 Å². The minimum Gasteiger partial charge on any atom is -0.398 e. The van der Waals surface area contributed by atoms with Crippen molar-refractivity contribution in [3.05, 3.63) is 53.6 Å². The third-order valence-electron chi connectivity index (χ3n) is 3.74. The molecule has 0 bridgehead atoms. The number of nitrogens with two attached hydrogens (primary N) is 2. The van der Waals surface area contributed by atoms with E-state index in [0.29, 0.717) is 6.04 Å². The maximum absolute atomic E-state index is 11.3. The van der Waals surface area contributed by atoms with Gasteiger partial charge in [-0.3, -0.25) is 0 Å². The van der Waals surface area contributed by atoms with Crippen LogP contribution in [-0.4, -0.2) is 14.5 Å². The predicted molar refractivity (Wildman–Crippen MR) is 83.5 cm³/mol. The van der Waals surface area contributed by atoms with Gasteiger partial charge >= 0.3 is 0 Å². The van der Waals surface area contributed by atoms with E-state index in [1.165, 1.54) is 17.2 Å². The number of primary sulfonamides is 1. The number of nitrogen functional groups attached to an aromatic ring is 1. The molecule has 0 atom stereocenters. The van der Waals surface area contributed by atoms with E-state index >= 15 is 0 Å². The molecule has 0 aliphatic heterocycles. The first kappa shape index (κ1) is 13.9. The van der Waals surface area contributed by atoms with Crippen molar-refractivity contribution in [2.24, 2.45) is 5.14 Å². The van der Waals surface area contributed by atoms with Crippen LogP contribution >= 0.6 is 0 Å². The zero-order valence-corrected chi connectivity index (χ0v) is 12.2. The maximum Gasteiger partial charge on any atom is 0.240 e. The van der Waals surface area contributed by atoms with Gasteiger partial charge in [0.2, 0.25) is 10.0 Å². The van der Waals surface area contributed by atoms with Crippen molar-refractivity contribution in [3.63, 3.8) is 0 Å². The van der Waals surface area contributed by atoms with Gasteiger partial charge in [0.25, 0.3) is 0 Å². The second-order valence-corrected chi connectivity index (χ2v) is 6.85. The lowest BCUT2D eigenvalue weighted by atomic mass is 10.1. The number of rotatable bonds is 3. The lowest BCUT2D eigenvalue weighted by Gasteiger charge is -2.15. The minimum atomic E-state index is -3.77. The highest BCUT2D eigenvalue weighted by Crippen LogP contribution is 2.26. The Morgan fingerprint density at radius 3 is 2.19 bits per heavy atom. The Bertz CT molecular complexity index is 762. The molecule has 3 rings (SSSR count). The number of hydrogen-bond acceptors (Lipinski definition) is 4. The van der Waals surface area contributed by atoms with Crippen molar-refractivity contribution < 1.29 is 8.42 Å². The molecule has 110 valence electrons. The summed E-state index contributed by atoms with van der Waals surface area (Å²) < 4.78 is 22.7. The van der Waals surface area contributed by atoms with Crippen LogP contribution in [0.25, 0.3) is 0 Å². The summed E-state index contributed by atoms with van der Waals surface area (Å²) >= 11 is 0. The van der Waals surface area contributed by atoms with Crippen molar-refractivity contribution in [2.75, 3.05) is 11.1 Å². The topological polar surface area (TPSA) is 98.2 Å². The molecule has 2 aromatic carbocycles. The summed E-state index contributed by atoms with van der Waals surface area (Å²) in [7, 11) is -3.77. The van der Waals surface area contributed by atoms with E-state index in [9.17, 15) is 8.42 Å². The Balaban J connectivity index is 1.77. The summed E-state index contributed by atoms with van der Waals surface area (Å²) in [6.45, 7) is 0. The summed E-state index contributed by atoms with van der Waals surface area (Å²) in [5, 5.41) is 8.49. The molecule has 5 N–H and O–H groups in total. The van der Waals surface area contributed by atoms with Crippen LogP contribution in [0.5, 0.6) is 0 Å². The highest BCUT2D eigenvalue weighted by Gasteiger charge is 2.21. The van der Waals surface area contributed by atoms with Gasteiger partial charge in [0.1, 0.15) is 4.90 Å². The molecule has 0 spiro atoms. The van der Waals surface area contributed by atoms with E-state index in [1.54, 1.807) is 12.1 Å². The zero-order valence-electron chi connectivity index (χ0n) is 11.4. The van der Waals surface area contributed by atoms with Crippen molar-refractivity contribution in [3.8, 4) is 0 Å². The Hall–Kier alpha value is -2.05. The molecule has 0 fully saturated rings. The smallest absolute Gasteiger partial charge is 0.240 e. The quantitative estimate of drug-likeness (QED) is 0.748. The van der Waals surface area contributed by atoms with Crippen molar-refractivity contribution in [1.82, 2.24) is 0 Å². The molecular weight excluding hydrogens is 286 g/mol. The highest BCUT2D eigenvalue weighted by atomic mass is 32.2. The Labute approximate surface area is 124 Å². The fraction of sp³-hybridized carbons (Fsp3) is 0.200. The van der Waals surface area contributed by atoms with Gasteiger partial charge in [-0.2, -0.15) is 0 Å². The van der Waals surface area contributed by atoms with Gasteiger partial charge in [-0.05, 0) is 42.2 Å². The first-order valence-corrected chi connectivity index (χ1v) is 8.24. The van der Waals surface area contributed by atoms with Gasteiger partial charge < -0.3 is 11.1 Å². The van der Waals surface area contributed by atoms with E-state index in [2.05, 4.69) is 17.4 Å². The number of benzene rings is 2. The minimum absolute atomic E-state index is 0.0391. The normalized spacial score (nSPS) is 14.9. The summed E-state index contributed by atoms with van der Waals surface area (Å²) in [5.41, 5.74) is 9.44. The van der Waals surface area contributed by atoms with Gasteiger partial charge in [-0.1, -0.05) is 24.3 Å². The van der Waals surface area contributed by atoms with Gasteiger partial charge in [-0.15, -0.1) is 0 Å². The second-order valence-electron chi connectivity index (χ2n) is 5.32. The number of fused-ring (bicyclic) bond motifs is 1. The molecule has 0 saturated heterocycles. The van der Waals surface area contributed by atoms with E-state index in [1.807, 2.05) is 12.1 Å². The van der Waals surface area contributed by atoms with Gasteiger partial charge in [0.05, 0.1) is 5.69 Å².